The predicted octanol–water partition coefficient (Wildman–Crippen LogP) is 6.54. The molecule has 3 fully saturated rings. The minimum Gasteiger partial charge on any atom is -0.394 e. The van der Waals surface area contributed by atoms with Gasteiger partial charge in [-0.2, -0.15) is 0 Å². The van der Waals surface area contributed by atoms with Gasteiger partial charge in [0.1, 0.15) is 73.2 Å². The smallest absolute Gasteiger partial charge is 0.220 e. The highest BCUT2D eigenvalue weighted by atomic mass is 16.8. The Hall–Kier alpha value is -3.29. The molecule has 0 radical (unpaired) electrons. The maximum Gasteiger partial charge on any atom is 0.220 e. The van der Waals surface area contributed by atoms with Crippen LogP contribution in [0.3, 0.4) is 0 Å². The number of rotatable bonds is 45. The molecular formula is C65H109NO18. The van der Waals surface area contributed by atoms with Gasteiger partial charge in [-0.05, 0) is 83.5 Å². The summed E-state index contributed by atoms with van der Waals surface area (Å²) in [5, 5.41) is 120. The monoisotopic (exact) mass is 1190 g/mol. The molecule has 0 bridgehead atoms. The van der Waals surface area contributed by atoms with Crippen LogP contribution < -0.4 is 5.32 Å². The highest BCUT2D eigenvalue weighted by molar-refractivity contribution is 5.76. The number of ether oxygens (including phenoxy) is 6. The number of hydrogen-bond acceptors (Lipinski definition) is 18. The number of aliphatic hydroxyl groups excluding tert-OH is 11. The summed E-state index contributed by atoms with van der Waals surface area (Å²) in [4.78, 5) is 13.3. The molecular weight excluding hydrogens is 1080 g/mol. The van der Waals surface area contributed by atoms with Crippen molar-refractivity contribution in [2.45, 2.75) is 279 Å². The fourth-order valence-electron chi connectivity index (χ4n) is 9.97. The van der Waals surface area contributed by atoms with E-state index in [1.807, 2.05) is 6.08 Å². The Morgan fingerprint density at radius 3 is 1.33 bits per heavy atom. The molecule has 482 valence electrons. The lowest BCUT2D eigenvalue weighted by Crippen LogP contribution is -2.66. The zero-order valence-electron chi connectivity index (χ0n) is 50.3. The third-order valence-corrected chi connectivity index (χ3v) is 15.1. The Morgan fingerprint density at radius 1 is 0.440 bits per heavy atom. The largest absolute Gasteiger partial charge is 0.394 e. The summed E-state index contributed by atoms with van der Waals surface area (Å²) in [5.74, 6) is -0.332. The Kier molecular flexibility index (Phi) is 41.8. The van der Waals surface area contributed by atoms with E-state index in [1.165, 1.54) is 70.6 Å². The van der Waals surface area contributed by atoms with Crippen LogP contribution in [0.5, 0.6) is 0 Å². The molecule has 3 saturated heterocycles. The molecule has 3 aliphatic heterocycles. The summed E-state index contributed by atoms with van der Waals surface area (Å²) >= 11 is 0. The molecule has 19 heteroatoms. The number of allylic oxidation sites excluding steroid dienone is 15. The van der Waals surface area contributed by atoms with Gasteiger partial charge >= 0.3 is 0 Å². The summed E-state index contributed by atoms with van der Waals surface area (Å²) in [5.41, 5.74) is 0. The minimum atomic E-state index is -1.99. The number of nitrogens with one attached hydrogen (secondary N) is 1. The highest BCUT2D eigenvalue weighted by Crippen LogP contribution is 2.33. The summed E-state index contributed by atoms with van der Waals surface area (Å²) in [6, 6.07) is -1.02. The van der Waals surface area contributed by atoms with Crippen molar-refractivity contribution in [1.29, 1.82) is 0 Å². The van der Waals surface area contributed by atoms with Gasteiger partial charge in [-0.3, -0.25) is 4.79 Å². The van der Waals surface area contributed by atoms with E-state index in [1.54, 1.807) is 6.08 Å². The van der Waals surface area contributed by atoms with E-state index in [2.05, 4.69) is 104 Å². The van der Waals surface area contributed by atoms with Gasteiger partial charge in [0.25, 0.3) is 0 Å². The Bertz CT molecular complexity index is 1910. The highest BCUT2D eigenvalue weighted by Gasteiger charge is 2.53. The Balaban J connectivity index is 1.52. The molecule has 3 rings (SSSR count). The van der Waals surface area contributed by atoms with Crippen LogP contribution in [0.4, 0.5) is 0 Å². The normalized spacial score (nSPS) is 29.8. The number of aliphatic hydroxyl groups is 11. The van der Waals surface area contributed by atoms with E-state index in [0.29, 0.717) is 12.8 Å². The van der Waals surface area contributed by atoms with Crippen LogP contribution in [0, 0.1) is 0 Å². The van der Waals surface area contributed by atoms with E-state index < -0.39 is 131 Å². The van der Waals surface area contributed by atoms with Crippen LogP contribution in [-0.2, 0) is 33.2 Å². The average Bonchev–Trinajstić information content (AvgIpc) is 2.76. The zero-order valence-corrected chi connectivity index (χ0v) is 50.3. The van der Waals surface area contributed by atoms with Crippen molar-refractivity contribution in [1.82, 2.24) is 5.32 Å². The van der Waals surface area contributed by atoms with E-state index in [-0.39, 0.29) is 12.3 Å². The van der Waals surface area contributed by atoms with E-state index in [9.17, 15) is 61.0 Å². The van der Waals surface area contributed by atoms with Crippen LogP contribution in [0.25, 0.3) is 0 Å². The fraction of sp³-hybridized carbons (Fsp3) is 0.738. The molecule has 0 aromatic heterocycles. The molecule has 12 N–H and O–H groups in total. The molecule has 0 aromatic rings. The van der Waals surface area contributed by atoms with Gasteiger partial charge in [0.15, 0.2) is 18.9 Å². The maximum atomic E-state index is 13.3. The van der Waals surface area contributed by atoms with Gasteiger partial charge in [-0.25, -0.2) is 0 Å². The second-order valence-electron chi connectivity index (χ2n) is 22.1. The van der Waals surface area contributed by atoms with Gasteiger partial charge in [-0.15, -0.1) is 0 Å². The number of amides is 1. The molecule has 0 saturated carbocycles. The predicted molar refractivity (Wildman–Crippen MR) is 323 cm³/mol. The van der Waals surface area contributed by atoms with E-state index >= 15 is 0 Å². The van der Waals surface area contributed by atoms with Crippen LogP contribution in [0.1, 0.15) is 174 Å². The molecule has 17 atom stereocenters. The van der Waals surface area contributed by atoms with Crippen LogP contribution >= 0.6 is 0 Å². The zero-order chi connectivity index (χ0) is 61.2. The van der Waals surface area contributed by atoms with Crippen molar-refractivity contribution >= 4 is 5.91 Å². The van der Waals surface area contributed by atoms with Crippen LogP contribution in [0.15, 0.2) is 97.2 Å². The quantitative estimate of drug-likeness (QED) is 0.0228. The average molecular weight is 1190 g/mol. The lowest BCUT2D eigenvalue weighted by atomic mass is 9.96. The lowest BCUT2D eigenvalue weighted by Gasteiger charge is -2.48. The third kappa shape index (κ3) is 29.6. The SMILES string of the molecule is CC/C=C\C/C=C\C/C=C\C/C=C\C/C=C\C/C=C\CCCCC(=O)NC(COC1OC(CO)C(OC2OC(CO)C(OC3OC(CO)C(O)C(O)C3O)C(O)C2O)C(O)C1O)C(O)/C=C/CC/C=C/CCCCCCCCCCCCCC. The first-order valence-electron chi connectivity index (χ1n) is 31.5. The van der Waals surface area contributed by atoms with E-state index in [4.69, 9.17) is 28.4 Å². The van der Waals surface area contributed by atoms with Crippen molar-refractivity contribution in [3.63, 3.8) is 0 Å². The van der Waals surface area contributed by atoms with Crippen molar-refractivity contribution in [2.75, 3.05) is 26.4 Å². The van der Waals surface area contributed by atoms with E-state index in [0.717, 1.165) is 70.6 Å². The second kappa shape index (κ2) is 46.8. The summed E-state index contributed by atoms with van der Waals surface area (Å²) in [7, 11) is 0. The minimum absolute atomic E-state index is 0.175. The number of carbonyl (C=O) groups excluding carboxylic acids is 1. The molecule has 84 heavy (non-hydrogen) atoms. The lowest BCUT2D eigenvalue weighted by molar-refractivity contribution is -0.379. The number of carbonyl (C=O) groups is 1. The van der Waals surface area contributed by atoms with Crippen LogP contribution in [0.2, 0.25) is 0 Å². The van der Waals surface area contributed by atoms with Crippen molar-refractivity contribution in [2.24, 2.45) is 0 Å². The molecule has 3 heterocycles. The van der Waals surface area contributed by atoms with Gasteiger partial charge in [0.05, 0.1) is 38.6 Å². The summed E-state index contributed by atoms with van der Waals surface area (Å²) in [6.45, 7) is 1.54. The van der Waals surface area contributed by atoms with Crippen molar-refractivity contribution < 1.29 is 89.4 Å². The Morgan fingerprint density at radius 2 is 0.833 bits per heavy atom. The standard InChI is InChI=1S/C65H109NO18/c1-3-5-7-9-11-13-15-17-19-21-23-24-25-27-29-31-33-35-37-39-41-43-53(71)66-48(49(70)42-40-38-36-34-32-30-28-26-22-20-18-16-14-12-10-8-6-4-2)47-79-63-59(77)56(74)61(51(45-68)81-63)84-65-60(78)57(75)62(52(46-69)82-65)83-64-58(76)55(73)54(72)50(44-67)80-64/h5,7,11,13,17,19,23-24,27,29,32-35,40,42,48-52,54-65,67-70,72-78H,3-4,6,8-10,12,14-16,18,20-22,25-26,28,30-31,36-39,41,43-47H2,1-2H3,(H,66,71)/b7-5-,13-11-,19-17-,24-23-,29-27-,34-32+,35-33-,42-40+. The molecule has 17 unspecified atom stereocenters. The molecule has 19 nitrogen and oxygen atoms in total. The van der Waals surface area contributed by atoms with Gasteiger partial charge in [0, 0.05) is 6.42 Å². The van der Waals surface area contributed by atoms with Crippen LogP contribution in [-0.4, -0.2) is 193 Å². The maximum absolute atomic E-state index is 13.3. The fourth-order valence-corrected chi connectivity index (χ4v) is 9.97. The second-order valence-corrected chi connectivity index (χ2v) is 22.1. The topological polar surface area (TPSA) is 307 Å². The summed E-state index contributed by atoms with van der Waals surface area (Å²) < 4.78 is 34.2. The first kappa shape index (κ1) is 75.0. The number of hydrogen-bond donors (Lipinski definition) is 12. The van der Waals surface area contributed by atoms with Gasteiger partial charge in [0.2, 0.25) is 5.91 Å². The third-order valence-electron chi connectivity index (χ3n) is 15.1. The molecule has 0 spiro atoms. The summed E-state index contributed by atoms with van der Waals surface area (Å²) in [6.07, 6.45) is 32.4. The van der Waals surface area contributed by atoms with Crippen molar-refractivity contribution in [3.8, 4) is 0 Å². The first-order chi connectivity index (χ1) is 40.8. The molecule has 0 aliphatic carbocycles. The molecule has 3 aliphatic rings. The Labute approximate surface area is 501 Å². The van der Waals surface area contributed by atoms with Gasteiger partial charge in [-0.1, -0.05) is 182 Å². The molecule has 1 amide bonds. The van der Waals surface area contributed by atoms with Gasteiger partial charge < -0.3 is 89.9 Å². The van der Waals surface area contributed by atoms with Crippen molar-refractivity contribution in [3.05, 3.63) is 97.2 Å². The molecule has 0 aromatic carbocycles. The first-order valence-corrected chi connectivity index (χ1v) is 31.5. The number of unbranched alkanes of at least 4 members (excludes halogenated alkanes) is 15.